The summed E-state index contributed by atoms with van der Waals surface area (Å²) >= 11 is 0. The zero-order valence-corrected chi connectivity index (χ0v) is 18.2. The highest BCUT2D eigenvalue weighted by Crippen LogP contribution is 2.25. The van der Waals surface area contributed by atoms with Gasteiger partial charge in [0.1, 0.15) is 0 Å². The number of hydrogen-bond acceptors (Lipinski definition) is 6. The fraction of sp³-hybridized carbons (Fsp3) is 0.727. The summed E-state index contributed by atoms with van der Waals surface area (Å²) in [6, 6.07) is 10.4. The minimum Gasteiger partial charge on any atom is -0.378 e. The fourth-order valence-corrected chi connectivity index (χ4v) is 2.68. The second-order valence-corrected chi connectivity index (χ2v) is 8.20. The summed E-state index contributed by atoms with van der Waals surface area (Å²) in [5, 5.41) is 0. The lowest BCUT2D eigenvalue weighted by atomic mass is 9.84. The van der Waals surface area contributed by atoms with Gasteiger partial charge in [0.05, 0.1) is 51.8 Å². The molecule has 0 saturated heterocycles. The monoisotopic (exact) mass is 396 g/mol. The molecule has 0 aromatic heterocycles. The van der Waals surface area contributed by atoms with Crippen molar-refractivity contribution in [2.45, 2.75) is 64.3 Å². The Kier molecular flexibility index (Phi) is 11.8. The Hall–Kier alpha value is -1.02. The van der Waals surface area contributed by atoms with Crippen molar-refractivity contribution >= 4 is 0 Å². The molecular formula is C22H40N2O4. The number of ether oxygens (including phenoxy) is 4. The standard InChI is InChI=1S/C22H40N2O4/c1-17(23)11-27-19(3)13-25-15-22(5,21-9-7-6-8-10-21)16-26-14-20(4)28-12-18(2)24/h6-10,17-20H,11-16,23-24H2,1-5H3. The number of rotatable bonds is 15. The molecular weight excluding hydrogens is 356 g/mol. The van der Waals surface area contributed by atoms with Crippen LogP contribution < -0.4 is 11.5 Å². The van der Waals surface area contributed by atoms with E-state index >= 15 is 0 Å². The predicted octanol–water partition coefficient (Wildman–Crippen LogP) is 2.48. The summed E-state index contributed by atoms with van der Waals surface area (Å²) in [6.07, 6.45) is -0.00256. The molecule has 0 amide bonds. The lowest BCUT2D eigenvalue weighted by Gasteiger charge is -2.31. The van der Waals surface area contributed by atoms with E-state index in [2.05, 4.69) is 19.1 Å². The van der Waals surface area contributed by atoms with Gasteiger partial charge in [-0.1, -0.05) is 37.3 Å². The van der Waals surface area contributed by atoms with E-state index in [0.29, 0.717) is 39.6 Å². The van der Waals surface area contributed by atoms with Crippen LogP contribution in [-0.4, -0.2) is 63.9 Å². The van der Waals surface area contributed by atoms with Gasteiger partial charge in [-0.15, -0.1) is 0 Å². The van der Waals surface area contributed by atoms with Crippen LogP contribution in [0.5, 0.6) is 0 Å². The Bertz CT molecular complexity index is 487. The van der Waals surface area contributed by atoms with Crippen LogP contribution in [0.2, 0.25) is 0 Å². The van der Waals surface area contributed by atoms with Gasteiger partial charge in [0, 0.05) is 17.5 Å². The molecule has 4 unspecified atom stereocenters. The fourth-order valence-electron chi connectivity index (χ4n) is 2.68. The summed E-state index contributed by atoms with van der Waals surface area (Å²) in [7, 11) is 0. The summed E-state index contributed by atoms with van der Waals surface area (Å²) in [5.74, 6) is 0. The summed E-state index contributed by atoms with van der Waals surface area (Å²) in [4.78, 5) is 0. The third-order valence-corrected chi connectivity index (χ3v) is 4.30. The van der Waals surface area contributed by atoms with Gasteiger partial charge < -0.3 is 30.4 Å². The first-order valence-corrected chi connectivity index (χ1v) is 10.2. The highest BCUT2D eigenvalue weighted by atomic mass is 16.5. The minimum atomic E-state index is -0.261. The summed E-state index contributed by atoms with van der Waals surface area (Å²) < 4.78 is 23.3. The minimum absolute atomic E-state index is 0.00128. The Morgan fingerprint density at radius 2 is 1.18 bits per heavy atom. The number of benzene rings is 1. The molecule has 1 aromatic rings. The number of nitrogens with two attached hydrogens (primary N) is 2. The third kappa shape index (κ3) is 10.5. The van der Waals surface area contributed by atoms with Crippen molar-refractivity contribution in [2.75, 3.05) is 39.6 Å². The first kappa shape index (κ1) is 25.0. The highest BCUT2D eigenvalue weighted by molar-refractivity contribution is 5.24. The zero-order chi connectivity index (χ0) is 21.0. The van der Waals surface area contributed by atoms with E-state index in [9.17, 15) is 0 Å². The smallest absolute Gasteiger partial charge is 0.0781 e. The van der Waals surface area contributed by atoms with E-state index in [-0.39, 0.29) is 29.7 Å². The molecule has 0 fully saturated rings. The largest absolute Gasteiger partial charge is 0.378 e. The molecule has 1 aromatic carbocycles. The Morgan fingerprint density at radius 1 is 0.750 bits per heavy atom. The Balaban J connectivity index is 2.54. The first-order chi connectivity index (χ1) is 13.2. The highest BCUT2D eigenvalue weighted by Gasteiger charge is 2.28. The topological polar surface area (TPSA) is 89.0 Å². The molecule has 0 saturated carbocycles. The zero-order valence-electron chi connectivity index (χ0n) is 18.2. The maximum atomic E-state index is 5.99. The van der Waals surface area contributed by atoms with Gasteiger partial charge in [-0.05, 0) is 33.3 Å². The van der Waals surface area contributed by atoms with Gasteiger partial charge in [-0.2, -0.15) is 0 Å². The quantitative estimate of drug-likeness (QED) is 0.473. The molecule has 162 valence electrons. The van der Waals surface area contributed by atoms with Crippen LogP contribution in [-0.2, 0) is 24.4 Å². The molecule has 6 nitrogen and oxygen atoms in total. The SMILES string of the molecule is CC(N)COC(C)COCC(C)(COCC(C)OCC(C)N)c1ccccc1. The van der Waals surface area contributed by atoms with Crippen molar-refractivity contribution in [1.82, 2.24) is 0 Å². The van der Waals surface area contributed by atoms with Crippen LogP contribution in [0.3, 0.4) is 0 Å². The van der Waals surface area contributed by atoms with E-state index in [4.69, 9.17) is 30.4 Å². The molecule has 28 heavy (non-hydrogen) atoms. The molecule has 4 atom stereocenters. The van der Waals surface area contributed by atoms with Crippen molar-refractivity contribution in [1.29, 1.82) is 0 Å². The Morgan fingerprint density at radius 3 is 1.57 bits per heavy atom. The third-order valence-electron chi connectivity index (χ3n) is 4.30. The van der Waals surface area contributed by atoms with Crippen LogP contribution in [0, 0.1) is 0 Å². The van der Waals surface area contributed by atoms with Gasteiger partial charge in [0.25, 0.3) is 0 Å². The molecule has 0 aliphatic heterocycles. The molecule has 0 heterocycles. The average Bonchev–Trinajstić information content (AvgIpc) is 2.65. The van der Waals surface area contributed by atoms with Gasteiger partial charge in [-0.25, -0.2) is 0 Å². The van der Waals surface area contributed by atoms with Crippen molar-refractivity contribution in [3.8, 4) is 0 Å². The molecule has 1 rings (SSSR count). The second-order valence-electron chi connectivity index (χ2n) is 8.20. The van der Waals surface area contributed by atoms with Gasteiger partial charge >= 0.3 is 0 Å². The van der Waals surface area contributed by atoms with E-state index in [1.54, 1.807) is 0 Å². The number of hydrogen-bond donors (Lipinski definition) is 2. The van der Waals surface area contributed by atoms with Crippen molar-refractivity contribution in [3.63, 3.8) is 0 Å². The maximum absolute atomic E-state index is 5.99. The normalized spacial score (nSPS) is 18.2. The first-order valence-electron chi connectivity index (χ1n) is 10.2. The lowest BCUT2D eigenvalue weighted by Crippen LogP contribution is -2.36. The molecule has 0 aliphatic carbocycles. The Labute approximate surface area is 170 Å². The second kappa shape index (κ2) is 13.2. The van der Waals surface area contributed by atoms with E-state index in [1.165, 1.54) is 5.56 Å². The average molecular weight is 397 g/mol. The molecule has 6 heteroatoms. The van der Waals surface area contributed by atoms with E-state index in [0.717, 1.165) is 0 Å². The maximum Gasteiger partial charge on any atom is 0.0781 e. The molecule has 0 radical (unpaired) electrons. The molecule has 0 aliphatic rings. The summed E-state index contributed by atoms with van der Waals surface area (Å²) in [5.41, 5.74) is 12.4. The van der Waals surface area contributed by atoms with E-state index < -0.39 is 0 Å². The lowest BCUT2D eigenvalue weighted by molar-refractivity contribution is -0.0497. The van der Waals surface area contributed by atoms with Crippen molar-refractivity contribution in [3.05, 3.63) is 35.9 Å². The molecule has 4 N–H and O–H groups in total. The van der Waals surface area contributed by atoms with Crippen LogP contribution in [0.4, 0.5) is 0 Å². The van der Waals surface area contributed by atoms with Gasteiger partial charge in [0.2, 0.25) is 0 Å². The van der Waals surface area contributed by atoms with Crippen molar-refractivity contribution in [2.24, 2.45) is 11.5 Å². The molecule has 0 bridgehead atoms. The van der Waals surface area contributed by atoms with Crippen molar-refractivity contribution < 1.29 is 18.9 Å². The molecule has 0 spiro atoms. The van der Waals surface area contributed by atoms with Crippen LogP contribution in [0.15, 0.2) is 30.3 Å². The van der Waals surface area contributed by atoms with Crippen LogP contribution in [0.1, 0.15) is 40.2 Å². The van der Waals surface area contributed by atoms with Gasteiger partial charge in [-0.3, -0.25) is 0 Å². The van der Waals surface area contributed by atoms with Gasteiger partial charge in [0.15, 0.2) is 0 Å². The van der Waals surface area contributed by atoms with E-state index in [1.807, 2.05) is 45.9 Å². The summed E-state index contributed by atoms with van der Waals surface area (Å²) in [6.45, 7) is 13.2. The van der Waals surface area contributed by atoms with Crippen LogP contribution in [0.25, 0.3) is 0 Å². The van der Waals surface area contributed by atoms with Crippen LogP contribution >= 0.6 is 0 Å². The predicted molar refractivity (Wildman–Crippen MR) is 114 cm³/mol.